The fourth-order valence-electron chi connectivity index (χ4n) is 1.48. The molecule has 4 radical (unpaired) electrons. The zero-order valence-electron chi connectivity index (χ0n) is 13.3. The summed E-state index contributed by atoms with van der Waals surface area (Å²) in [5, 5.41) is 34.5. The van der Waals surface area contributed by atoms with E-state index in [-0.39, 0.29) is 121 Å². The first-order chi connectivity index (χ1) is 9.20. The van der Waals surface area contributed by atoms with E-state index in [1.165, 1.54) is 0 Å². The Morgan fingerprint density at radius 1 is 0.565 bits per heavy atom. The van der Waals surface area contributed by atoms with Crippen molar-refractivity contribution in [2.24, 2.45) is 0 Å². The van der Waals surface area contributed by atoms with Gasteiger partial charge in [-0.2, -0.15) is 0 Å². The number of carboxylic acids is 4. The van der Waals surface area contributed by atoms with Gasteiger partial charge in [0, 0.05) is 121 Å². The molecule has 4 N–H and O–H groups in total. The molecular formula is C10H16BaN2Na2O8. The molecule has 0 unspecified atom stereocenters. The van der Waals surface area contributed by atoms with E-state index in [1.54, 1.807) is 0 Å². The van der Waals surface area contributed by atoms with Crippen LogP contribution in [0.4, 0.5) is 0 Å². The van der Waals surface area contributed by atoms with Crippen molar-refractivity contribution in [3.05, 3.63) is 0 Å². The maximum absolute atomic E-state index is 10.6. The molecule has 0 aromatic rings. The standard InChI is InChI=1S/C10H16N2O8.Ba.2Na/c13-7(14)3-11(4-8(15)16)1-2-12(5-9(17)18)6-10(19)20;;;/h1-6H2,(H,13,14)(H,15,16)(H,17,18)(H,19,20);;;. The summed E-state index contributed by atoms with van der Waals surface area (Å²) in [6.45, 7) is -2.25. The smallest absolute Gasteiger partial charge is 0.317 e. The first kappa shape index (κ1) is 32.1. The van der Waals surface area contributed by atoms with Gasteiger partial charge in [-0.3, -0.25) is 29.0 Å². The van der Waals surface area contributed by atoms with Crippen LogP contribution in [0, 0.1) is 0 Å². The molecule has 0 spiro atoms. The first-order valence-corrected chi connectivity index (χ1v) is 5.52. The van der Waals surface area contributed by atoms with Gasteiger partial charge >= 0.3 is 23.9 Å². The Bertz CT molecular complexity index is 331. The zero-order valence-corrected chi connectivity index (χ0v) is 21.7. The van der Waals surface area contributed by atoms with Crippen LogP contribution in [0.3, 0.4) is 0 Å². The molecular weight excluding hydrogens is 459 g/mol. The van der Waals surface area contributed by atoms with E-state index < -0.39 is 50.1 Å². The minimum Gasteiger partial charge on any atom is -0.480 e. The van der Waals surface area contributed by atoms with Gasteiger partial charge in [0.2, 0.25) is 0 Å². The maximum atomic E-state index is 10.6. The monoisotopic (exact) mass is 476 g/mol. The van der Waals surface area contributed by atoms with Crippen LogP contribution in [0.5, 0.6) is 0 Å². The molecule has 0 aliphatic rings. The van der Waals surface area contributed by atoms with Crippen molar-refractivity contribution in [2.75, 3.05) is 39.3 Å². The van der Waals surface area contributed by atoms with Crippen LogP contribution in [0.2, 0.25) is 0 Å². The van der Waals surface area contributed by atoms with Crippen LogP contribution in [0.1, 0.15) is 0 Å². The molecule has 0 heterocycles. The van der Waals surface area contributed by atoms with Gasteiger partial charge in [-0.25, -0.2) is 0 Å². The molecule has 0 atom stereocenters. The SMILES string of the molecule is O=C(O)CN(CCN(CC(=O)O)CC(=O)O)CC(=O)O.[Ba].[Na].[Na]. The van der Waals surface area contributed by atoms with Crippen molar-refractivity contribution in [3.8, 4) is 0 Å². The summed E-state index contributed by atoms with van der Waals surface area (Å²) >= 11 is 0. The second-order valence-electron chi connectivity index (χ2n) is 4.00. The summed E-state index contributed by atoms with van der Waals surface area (Å²) < 4.78 is 0. The molecule has 0 aliphatic carbocycles. The molecule has 0 saturated carbocycles. The third-order valence-corrected chi connectivity index (χ3v) is 2.17. The largest absolute Gasteiger partial charge is 0.480 e. The number of carboxylic acid groups (broad SMARTS) is 4. The molecule has 0 aromatic heterocycles. The van der Waals surface area contributed by atoms with Gasteiger partial charge in [-0.1, -0.05) is 0 Å². The third kappa shape index (κ3) is 21.3. The Morgan fingerprint density at radius 3 is 0.870 bits per heavy atom. The second kappa shape index (κ2) is 18.2. The Hall–Kier alpha value is 1.37. The molecule has 13 heteroatoms. The fraction of sp³-hybridized carbons (Fsp3) is 0.600. The Balaban J connectivity index is -0.000000602. The van der Waals surface area contributed by atoms with Crippen LogP contribution in [0.25, 0.3) is 0 Å². The van der Waals surface area contributed by atoms with Crippen LogP contribution >= 0.6 is 0 Å². The number of hydrogen-bond acceptors (Lipinski definition) is 6. The topological polar surface area (TPSA) is 156 Å². The zero-order chi connectivity index (χ0) is 15.7. The van der Waals surface area contributed by atoms with Crippen LogP contribution in [-0.2, 0) is 19.2 Å². The van der Waals surface area contributed by atoms with Crippen LogP contribution in [-0.4, -0.2) is 201 Å². The van der Waals surface area contributed by atoms with Crippen LogP contribution in [0.15, 0.2) is 0 Å². The van der Waals surface area contributed by atoms with Gasteiger partial charge in [0.25, 0.3) is 0 Å². The van der Waals surface area contributed by atoms with Crippen molar-refractivity contribution < 1.29 is 39.6 Å². The number of carbonyl (C=O) groups is 4. The first-order valence-electron chi connectivity index (χ1n) is 5.52. The van der Waals surface area contributed by atoms with Gasteiger partial charge < -0.3 is 20.4 Å². The molecule has 23 heavy (non-hydrogen) atoms. The van der Waals surface area contributed by atoms with Crippen molar-refractivity contribution in [1.82, 2.24) is 9.80 Å². The molecule has 0 fully saturated rings. The van der Waals surface area contributed by atoms with E-state index in [0.717, 1.165) is 9.80 Å². The molecule has 118 valence electrons. The predicted octanol–water partition coefficient (Wildman–Crippen LogP) is -3.21. The molecule has 0 aromatic carbocycles. The second-order valence-corrected chi connectivity index (χ2v) is 4.00. The normalized spacial score (nSPS) is 9.30. The number of rotatable bonds is 11. The minimum atomic E-state index is -1.23. The van der Waals surface area contributed by atoms with E-state index in [4.69, 9.17) is 20.4 Å². The summed E-state index contributed by atoms with van der Waals surface area (Å²) in [5.41, 5.74) is 0. The minimum absolute atomic E-state index is 0. The molecule has 0 saturated heterocycles. The van der Waals surface area contributed by atoms with E-state index in [1.807, 2.05) is 0 Å². The molecule has 0 amide bonds. The Labute approximate surface area is 217 Å². The van der Waals surface area contributed by atoms with Gasteiger partial charge in [-0.15, -0.1) is 0 Å². The van der Waals surface area contributed by atoms with Crippen molar-refractivity contribution >= 4 is 132 Å². The van der Waals surface area contributed by atoms with Gasteiger partial charge in [0.1, 0.15) is 0 Å². The Kier molecular flexibility index (Phi) is 25.3. The molecule has 0 rings (SSSR count). The summed E-state index contributed by atoms with van der Waals surface area (Å²) in [6.07, 6.45) is 0. The summed E-state index contributed by atoms with van der Waals surface area (Å²) in [5.74, 6) is -4.91. The molecule has 0 aliphatic heterocycles. The Morgan fingerprint density at radius 2 is 0.739 bits per heavy atom. The summed E-state index contributed by atoms with van der Waals surface area (Å²) in [7, 11) is 0. The summed E-state index contributed by atoms with van der Waals surface area (Å²) in [4.78, 5) is 44.4. The predicted molar refractivity (Wildman–Crippen MR) is 80.7 cm³/mol. The number of hydrogen-bond donors (Lipinski definition) is 4. The van der Waals surface area contributed by atoms with Gasteiger partial charge in [0.15, 0.2) is 0 Å². The molecule has 10 nitrogen and oxygen atoms in total. The van der Waals surface area contributed by atoms with Crippen LogP contribution < -0.4 is 0 Å². The number of aliphatic carboxylic acids is 4. The maximum Gasteiger partial charge on any atom is 0.317 e. The molecule has 0 bridgehead atoms. The van der Waals surface area contributed by atoms with Crippen molar-refractivity contribution in [2.45, 2.75) is 0 Å². The fourth-order valence-corrected chi connectivity index (χ4v) is 1.48. The van der Waals surface area contributed by atoms with Crippen molar-refractivity contribution in [1.29, 1.82) is 0 Å². The van der Waals surface area contributed by atoms with E-state index in [0.29, 0.717) is 0 Å². The van der Waals surface area contributed by atoms with Crippen molar-refractivity contribution in [3.63, 3.8) is 0 Å². The van der Waals surface area contributed by atoms with Gasteiger partial charge in [0.05, 0.1) is 26.2 Å². The van der Waals surface area contributed by atoms with E-state index in [9.17, 15) is 19.2 Å². The van der Waals surface area contributed by atoms with Gasteiger partial charge in [-0.05, 0) is 0 Å². The third-order valence-electron chi connectivity index (χ3n) is 2.17. The average molecular weight is 476 g/mol. The average Bonchev–Trinajstić information content (AvgIpc) is 2.22. The van der Waals surface area contributed by atoms with E-state index >= 15 is 0 Å². The number of nitrogens with zero attached hydrogens (tertiary/aromatic N) is 2. The summed E-state index contributed by atoms with van der Waals surface area (Å²) in [6, 6.07) is 0. The van der Waals surface area contributed by atoms with E-state index in [2.05, 4.69) is 0 Å². The quantitative estimate of drug-likeness (QED) is 0.224.